The molecule has 20 nitrogen and oxygen atoms in total. The Labute approximate surface area is 262 Å². The van der Waals surface area contributed by atoms with Gasteiger partial charge in [-0.1, -0.05) is 0 Å². The molecule has 0 bridgehead atoms. The zero-order chi connectivity index (χ0) is 34.2. The Bertz CT molecular complexity index is 997. The standard InChI is InChI=1S/C26H45NO19/c1-6-12(31)16(35)18(37)24(40-6)46-22-17(36)14(33)9(4-28)43-26(22)45-21-13(32)7(2)41-25(19(21)38)44-20-10(5-29)42-23(39)11(15(20)34)27-8(3)30/h6-7,9-26,28-29,31-39H,4-5H2,1-3H3,(H,27,30)/t6-,7-,9+,10+,11+,12+,13+,14-,15+,16+,17-,18-,19-,20+,21+,22+,23?,24-,25-,26-/m0/s1. The zero-order valence-corrected chi connectivity index (χ0v) is 25.1. The van der Waals surface area contributed by atoms with Crippen LogP contribution >= 0.6 is 0 Å². The number of ether oxygens (including phenoxy) is 7. The van der Waals surface area contributed by atoms with Gasteiger partial charge in [0, 0.05) is 6.92 Å². The zero-order valence-electron chi connectivity index (χ0n) is 25.1. The molecular weight excluding hydrogens is 630 g/mol. The first kappa shape index (κ1) is 37.6. The first-order valence-corrected chi connectivity index (χ1v) is 14.8. The van der Waals surface area contributed by atoms with E-state index < -0.39 is 142 Å². The lowest BCUT2D eigenvalue weighted by atomic mass is 9.95. The fraction of sp³-hybridized carbons (Fsp3) is 0.962. The molecule has 4 fully saturated rings. The van der Waals surface area contributed by atoms with Crippen molar-refractivity contribution in [3.63, 3.8) is 0 Å². The topological polar surface area (TPSA) is 316 Å². The van der Waals surface area contributed by atoms with Crippen LogP contribution in [0.25, 0.3) is 0 Å². The minimum absolute atomic E-state index is 0.629. The van der Waals surface area contributed by atoms with Gasteiger partial charge in [0.15, 0.2) is 25.2 Å². The van der Waals surface area contributed by atoms with Gasteiger partial charge in [0.25, 0.3) is 0 Å². The minimum atomic E-state index is -1.92. The highest BCUT2D eigenvalue weighted by molar-refractivity contribution is 5.73. The van der Waals surface area contributed by atoms with Crippen LogP contribution < -0.4 is 5.32 Å². The minimum Gasteiger partial charge on any atom is -0.394 e. The summed E-state index contributed by atoms with van der Waals surface area (Å²) < 4.78 is 39.2. The van der Waals surface area contributed by atoms with Crippen molar-refractivity contribution in [1.29, 1.82) is 0 Å². The van der Waals surface area contributed by atoms with Gasteiger partial charge in [0.05, 0.1) is 25.4 Å². The van der Waals surface area contributed by atoms with Crippen molar-refractivity contribution in [3.05, 3.63) is 0 Å². The summed E-state index contributed by atoms with van der Waals surface area (Å²) in [5.74, 6) is -0.629. The molecule has 4 aliphatic rings. The summed E-state index contributed by atoms with van der Waals surface area (Å²) in [5, 5.41) is 117. The summed E-state index contributed by atoms with van der Waals surface area (Å²) in [6, 6.07) is -1.40. The molecule has 1 amide bonds. The predicted octanol–water partition coefficient (Wildman–Crippen LogP) is -7.55. The van der Waals surface area contributed by atoms with Crippen LogP contribution in [-0.2, 0) is 38.0 Å². The second kappa shape index (κ2) is 15.5. The molecule has 4 aliphatic heterocycles. The number of carbonyl (C=O) groups is 1. The summed E-state index contributed by atoms with van der Waals surface area (Å²) in [4.78, 5) is 11.6. The fourth-order valence-corrected chi connectivity index (χ4v) is 5.81. The van der Waals surface area contributed by atoms with E-state index >= 15 is 0 Å². The Balaban J connectivity index is 1.56. The van der Waals surface area contributed by atoms with Gasteiger partial charge in [0.2, 0.25) is 5.91 Å². The molecular formula is C26H45NO19. The number of nitrogens with one attached hydrogen (secondary N) is 1. The van der Waals surface area contributed by atoms with Gasteiger partial charge in [-0.2, -0.15) is 0 Å². The maximum Gasteiger partial charge on any atom is 0.217 e. The average Bonchev–Trinajstić information content (AvgIpc) is 3.01. The first-order chi connectivity index (χ1) is 21.6. The Morgan fingerprint density at radius 3 is 1.70 bits per heavy atom. The van der Waals surface area contributed by atoms with E-state index in [9.17, 15) is 61.0 Å². The second-order valence-electron chi connectivity index (χ2n) is 11.8. The largest absolute Gasteiger partial charge is 0.394 e. The Morgan fingerprint density at radius 2 is 1.11 bits per heavy atom. The number of aliphatic hydroxyl groups excluding tert-OH is 11. The molecule has 0 aliphatic carbocycles. The van der Waals surface area contributed by atoms with Crippen molar-refractivity contribution >= 4 is 5.91 Å². The third-order valence-electron chi connectivity index (χ3n) is 8.53. The van der Waals surface area contributed by atoms with E-state index in [4.69, 9.17) is 33.2 Å². The van der Waals surface area contributed by atoms with E-state index in [-0.39, 0.29) is 0 Å². The van der Waals surface area contributed by atoms with Crippen LogP contribution in [0.1, 0.15) is 20.8 Å². The van der Waals surface area contributed by atoms with Crippen LogP contribution in [0, 0.1) is 0 Å². The fourth-order valence-electron chi connectivity index (χ4n) is 5.81. The van der Waals surface area contributed by atoms with Crippen molar-refractivity contribution < 1.29 is 94.1 Å². The molecule has 4 rings (SSSR count). The van der Waals surface area contributed by atoms with Crippen molar-refractivity contribution in [2.45, 2.75) is 144 Å². The molecule has 20 atom stereocenters. The lowest BCUT2D eigenvalue weighted by Crippen LogP contribution is -2.68. The molecule has 0 aromatic heterocycles. The number of amides is 1. The van der Waals surface area contributed by atoms with E-state index in [1.54, 1.807) is 0 Å². The normalized spacial score (nSPS) is 51.9. The van der Waals surface area contributed by atoms with Crippen LogP contribution in [0.4, 0.5) is 0 Å². The van der Waals surface area contributed by atoms with Gasteiger partial charge in [-0.3, -0.25) is 4.79 Å². The predicted molar refractivity (Wildman–Crippen MR) is 143 cm³/mol. The van der Waals surface area contributed by atoms with Gasteiger partial charge in [-0.25, -0.2) is 0 Å². The third kappa shape index (κ3) is 7.64. The van der Waals surface area contributed by atoms with Gasteiger partial charge >= 0.3 is 0 Å². The number of rotatable bonds is 9. The highest BCUT2D eigenvalue weighted by atomic mass is 16.8. The lowest BCUT2D eigenvalue weighted by molar-refractivity contribution is -0.391. The van der Waals surface area contributed by atoms with E-state index in [0.29, 0.717) is 0 Å². The van der Waals surface area contributed by atoms with E-state index in [2.05, 4.69) is 5.32 Å². The number of aliphatic hydroxyl groups is 11. The van der Waals surface area contributed by atoms with Gasteiger partial charge in [-0.15, -0.1) is 0 Å². The molecule has 12 N–H and O–H groups in total. The van der Waals surface area contributed by atoms with E-state index in [1.165, 1.54) is 13.8 Å². The molecule has 46 heavy (non-hydrogen) atoms. The summed E-state index contributed by atoms with van der Waals surface area (Å²) in [6.07, 6.45) is -30.9. The van der Waals surface area contributed by atoms with E-state index in [1.807, 2.05) is 0 Å². The Morgan fingerprint density at radius 1 is 0.565 bits per heavy atom. The molecule has 0 aromatic rings. The Kier molecular flexibility index (Phi) is 12.7. The molecule has 268 valence electrons. The molecule has 20 heteroatoms. The summed E-state index contributed by atoms with van der Waals surface area (Å²) in [5.41, 5.74) is 0. The quantitative estimate of drug-likeness (QED) is 0.108. The Hall–Kier alpha value is -1.25. The molecule has 0 aromatic carbocycles. The maximum absolute atomic E-state index is 11.6. The summed E-state index contributed by atoms with van der Waals surface area (Å²) in [7, 11) is 0. The average molecular weight is 676 g/mol. The van der Waals surface area contributed by atoms with Gasteiger partial charge < -0.3 is 94.6 Å². The van der Waals surface area contributed by atoms with Crippen molar-refractivity contribution in [2.75, 3.05) is 13.2 Å². The molecule has 0 radical (unpaired) electrons. The summed E-state index contributed by atoms with van der Waals surface area (Å²) >= 11 is 0. The smallest absolute Gasteiger partial charge is 0.217 e. The van der Waals surface area contributed by atoms with Gasteiger partial charge in [-0.05, 0) is 13.8 Å². The highest BCUT2D eigenvalue weighted by Gasteiger charge is 2.55. The molecule has 4 saturated heterocycles. The molecule has 4 heterocycles. The van der Waals surface area contributed by atoms with Crippen molar-refractivity contribution in [1.82, 2.24) is 5.32 Å². The third-order valence-corrected chi connectivity index (χ3v) is 8.53. The van der Waals surface area contributed by atoms with Crippen LogP contribution in [0.5, 0.6) is 0 Å². The van der Waals surface area contributed by atoms with Gasteiger partial charge in [0.1, 0.15) is 85.4 Å². The van der Waals surface area contributed by atoms with Crippen LogP contribution in [0.3, 0.4) is 0 Å². The molecule has 1 unspecified atom stereocenters. The van der Waals surface area contributed by atoms with Crippen molar-refractivity contribution in [2.24, 2.45) is 0 Å². The SMILES string of the molecule is CC(=O)N[C@H]1C(O)O[C@H](CO)[C@@H](O[C@@H]2O[C@@H](C)[C@@H](O)[C@@H](O[C@@H]3O[C@H](CO)[C@H](O)[C@H](O)[C@H]3O[C@@H]3O[C@@H](C)[C@@H](O)[C@@H](O)[C@@H]3O)[C@@H]2O)[C@@H]1O. The first-order valence-electron chi connectivity index (χ1n) is 14.8. The van der Waals surface area contributed by atoms with Crippen LogP contribution in [-0.4, -0.2) is 198 Å². The van der Waals surface area contributed by atoms with Crippen LogP contribution in [0.2, 0.25) is 0 Å². The summed E-state index contributed by atoms with van der Waals surface area (Å²) in [6.45, 7) is 2.28. The monoisotopic (exact) mass is 675 g/mol. The molecule has 0 spiro atoms. The lowest BCUT2D eigenvalue weighted by Gasteiger charge is -2.49. The van der Waals surface area contributed by atoms with Crippen molar-refractivity contribution in [3.8, 4) is 0 Å². The number of carbonyl (C=O) groups excluding carboxylic acids is 1. The molecule has 0 saturated carbocycles. The highest BCUT2D eigenvalue weighted by Crippen LogP contribution is 2.34. The van der Waals surface area contributed by atoms with Crippen LogP contribution in [0.15, 0.2) is 0 Å². The number of hydrogen-bond acceptors (Lipinski definition) is 19. The number of hydrogen-bond donors (Lipinski definition) is 12. The van der Waals surface area contributed by atoms with E-state index in [0.717, 1.165) is 6.92 Å². The maximum atomic E-state index is 11.6. The second-order valence-corrected chi connectivity index (χ2v) is 11.8.